The first-order valence-electron chi connectivity index (χ1n) is 4.75. The summed E-state index contributed by atoms with van der Waals surface area (Å²) in [6.07, 6.45) is 2.13. The normalized spacial score (nSPS) is 10.2. The summed E-state index contributed by atoms with van der Waals surface area (Å²) in [5.74, 6) is -0.179. The number of aromatic hydroxyl groups is 2. The minimum Gasteiger partial charge on any atom is -0.508 e. The van der Waals surface area contributed by atoms with Crippen LogP contribution in [-0.2, 0) is 0 Å². The van der Waals surface area contributed by atoms with Gasteiger partial charge in [-0.3, -0.25) is 9.78 Å². The molecule has 86 valence electrons. The van der Waals surface area contributed by atoms with Gasteiger partial charge in [0.2, 0.25) is 0 Å². The minimum absolute atomic E-state index is 0.0820. The number of benzene rings is 1. The summed E-state index contributed by atoms with van der Waals surface area (Å²) in [5.41, 5.74) is 1.30. The van der Waals surface area contributed by atoms with E-state index in [9.17, 15) is 15.0 Å². The Kier molecular flexibility index (Phi) is 3.10. The van der Waals surface area contributed by atoms with Crippen LogP contribution in [0, 0.1) is 0 Å². The summed E-state index contributed by atoms with van der Waals surface area (Å²) >= 11 is 3.21. The van der Waals surface area contributed by atoms with Crippen molar-refractivity contribution in [2.45, 2.75) is 0 Å². The molecule has 0 amide bonds. The Hall–Kier alpha value is -1.88. The van der Waals surface area contributed by atoms with Crippen LogP contribution in [0.2, 0.25) is 0 Å². The van der Waals surface area contributed by atoms with E-state index in [-0.39, 0.29) is 17.2 Å². The topological polar surface area (TPSA) is 70.4 Å². The Morgan fingerprint density at radius 2 is 2.00 bits per heavy atom. The lowest BCUT2D eigenvalue weighted by molar-refractivity contribution is 0.111. The molecule has 1 aromatic carbocycles. The average Bonchev–Trinajstić information content (AvgIpc) is 2.33. The number of hydrogen-bond donors (Lipinski definition) is 2. The molecule has 2 rings (SSSR count). The van der Waals surface area contributed by atoms with Gasteiger partial charge in [-0.1, -0.05) is 6.07 Å². The van der Waals surface area contributed by atoms with Crippen LogP contribution >= 0.6 is 15.9 Å². The molecule has 0 unspecified atom stereocenters. The van der Waals surface area contributed by atoms with Gasteiger partial charge in [0.25, 0.3) is 0 Å². The Labute approximate surface area is 106 Å². The van der Waals surface area contributed by atoms with Gasteiger partial charge in [0.1, 0.15) is 17.2 Å². The summed E-state index contributed by atoms with van der Waals surface area (Å²) < 4.78 is 0.409. The molecule has 4 nitrogen and oxygen atoms in total. The van der Waals surface area contributed by atoms with Crippen molar-refractivity contribution in [2.24, 2.45) is 0 Å². The van der Waals surface area contributed by atoms with E-state index in [1.807, 2.05) is 0 Å². The number of hydrogen-bond acceptors (Lipinski definition) is 4. The van der Waals surface area contributed by atoms with Gasteiger partial charge >= 0.3 is 0 Å². The van der Waals surface area contributed by atoms with Crippen LogP contribution in [0.5, 0.6) is 11.5 Å². The van der Waals surface area contributed by atoms with Crippen LogP contribution < -0.4 is 0 Å². The summed E-state index contributed by atoms with van der Waals surface area (Å²) in [5, 5.41) is 19.0. The molecule has 0 saturated carbocycles. The van der Waals surface area contributed by atoms with Gasteiger partial charge < -0.3 is 10.2 Å². The first-order chi connectivity index (χ1) is 8.13. The van der Waals surface area contributed by atoms with Crippen molar-refractivity contribution in [2.75, 3.05) is 0 Å². The first kappa shape index (κ1) is 11.6. The number of carbonyl (C=O) groups excluding carboxylic acids is 1. The second-order valence-electron chi connectivity index (χ2n) is 3.38. The smallest absolute Gasteiger partial charge is 0.169 e. The lowest BCUT2D eigenvalue weighted by atomic mass is 10.0. The van der Waals surface area contributed by atoms with E-state index in [1.165, 1.54) is 18.3 Å². The highest BCUT2D eigenvalue weighted by molar-refractivity contribution is 9.10. The van der Waals surface area contributed by atoms with Gasteiger partial charge in [0.05, 0.1) is 4.47 Å². The number of carbonyl (C=O) groups is 1. The van der Waals surface area contributed by atoms with Crippen molar-refractivity contribution in [3.05, 3.63) is 40.6 Å². The van der Waals surface area contributed by atoms with Gasteiger partial charge in [-0.15, -0.1) is 0 Å². The molecule has 17 heavy (non-hydrogen) atoms. The number of nitrogens with zero attached hydrogens (tertiary/aromatic N) is 1. The highest BCUT2D eigenvalue weighted by atomic mass is 79.9. The molecule has 1 aromatic heterocycles. The third-order valence-electron chi connectivity index (χ3n) is 2.28. The molecule has 2 N–H and O–H groups in total. The number of pyridine rings is 1. The Morgan fingerprint density at radius 1 is 1.24 bits per heavy atom. The second-order valence-corrected chi connectivity index (χ2v) is 4.17. The Balaban J connectivity index is 2.72. The van der Waals surface area contributed by atoms with Crippen LogP contribution in [0.15, 0.2) is 34.9 Å². The summed E-state index contributed by atoms with van der Waals surface area (Å²) in [4.78, 5) is 14.8. The van der Waals surface area contributed by atoms with Gasteiger partial charge in [-0.2, -0.15) is 0 Å². The van der Waals surface area contributed by atoms with Gasteiger partial charge in [-0.25, -0.2) is 0 Å². The fourth-order valence-electron chi connectivity index (χ4n) is 1.53. The third kappa shape index (κ3) is 2.14. The molecule has 0 spiro atoms. The molecular formula is C12H8BrNO3. The van der Waals surface area contributed by atoms with Crippen LogP contribution in [0.3, 0.4) is 0 Å². The van der Waals surface area contributed by atoms with Crippen molar-refractivity contribution in [3.63, 3.8) is 0 Å². The van der Waals surface area contributed by atoms with Crippen LogP contribution in [0.4, 0.5) is 0 Å². The maximum atomic E-state index is 10.9. The first-order valence-corrected chi connectivity index (χ1v) is 5.55. The van der Waals surface area contributed by atoms with Gasteiger partial charge in [-0.05, 0) is 28.1 Å². The van der Waals surface area contributed by atoms with Crippen LogP contribution in [0.25, 0.3) is 11.1 Å². The fourth-order valence-corrected chi connectivity index (χ4v) is 1.97. The molecule has 0 fully saturated rings. The molecule has 0 radical (unpaired) electrons. The van der Waals surface area contributed by atoms with E-state index in [0.29, 0.717) is 21.9 Å². The monoisotopic (exact) mass is 293 g/mol. The highest BCUT2D eigenvalue weighted by Crippen LogP contribution is 2.38. The van der Waals surface area contributed by atoms with Crippen molar-refractivity contribution < 1.29 is 15.0 Å². The quantitative estimate of drug-likeness (QED) is 0.835. The molecule has 0 saturated heterocycles. The lowest BCUT2D eigenvalue weighted by Crippen LogP contribution is -1.92. The van der Waals surface area contributed by atoms with E-state index < -0.39 is 0 Å². The van der Waals surface area contributed by atoms with E-state index in [1.54, 1.807) is 12.1 Å². The second kappa shape index (κ2) is 4.55. The van der Waals surface area contributed by atoms with E-state index in [0.717, 1.165) is 0 Å². The summed E-state index contributed by atoms with van der Waals surface area (Å²) in [6.45, 7) is 0. The molecule has 0 atom stereocenters. The molecule has 0 aliphatic heterocycles. The molecule has 1 heterocycles. The maximum absolute atomic E-state index is 10.9. The molecule has 0 aliphatic rings. The zero-order valence-electron chi connectivity index (χ0n) is 8.59. The number of phenolic OH excluding ortho intramolecular Hbond substituents is 2. The maximum Gasteiger partial charge on any atom is 0.169 e. The largest absolute Gasteiger partial charge is 0.508 e. The highest BCUT2D eigenvalue weighted by Gasteiger charge is 2.13. The molecule has 0 bridgehead atoms. The van der Waals surface area contributed by atoms with Crippen LogP contribution in [-0.4, -0.2) is 21.5 Å². The standard InChI is InChI=1S/C12H8BrNO3/c13-12-9(4-7(16)5-11(12)17)8-2-1-3-14-10(8)6-15/h1-6,16-17H. The van der Waals surface area contributed by atoms with Gasteiger partial charge in [0.15, 0.2) is 6.29 Å². The predicted octanol–water partition coefficient (Wildman–Crippen LogP) is 2.73. The van der Waals surface area contributed by atoms with Gasteiger partial charge in [0, 0.05) is 23.4 Å². The van der Waals surface area contributed by atoms with Crippen molar-refractivity contribution in [1.82, 2.24) is 4.98 Å². The van der Waals surface area contributed by atoms with Crippen LogP contribution in [0.1, 0.15) is 10.5 Å². The zero-order valence-corrected chi connectivity index (χ0v) is 10.2. The van der Waals surface area contributed by atoms with E-state index in [2.05, 4.69) is 20.9 Å². The molecule has 5 heteroatoms. The average molecular weight is 294 g/mol. The third-order valence-corrected chi connectivity index (χ3v) is 3.11. The van der Waals surface area contributed by atoms with Crippen molar-refractivity contribution in [1.29, 1.82) is 0 Å². The fraction of sp³-hybridized carbons (Fsp3) is 0. The zero-order chi connectivity index (χ0) is 12.4. The molecule has 0 aliphatic carbocycles. The number of halogens is 1. The number of rotatable bonds is 2. The SMILES string of the molecule is O=Cc1ncccc1-c1cc(O)cc(O)c1Br. The van der Waals surface area contributed by atoms with E-state index >= 15 is 0 Å². The predicted molar refractivity (Wildman–Crippen MR) is 66.1 cm³/mol. The van der Waals surface area contributed by atoms with E-state index in [4.69, 9.17) is 0 Å². The van der Waals surface area contributed by atoms with Crippen molar-refractivity contribution in [3.8, 4) is 22.6 Å². The lowest BCUT2D eigenvalue weighted by Gasteiger charge is -2.08. The Bertz CT molecular complexity index is 584. The Morgan fingerprint density at radius 3 is 2.71 bits per heavy atom. The minimum atomic E-state index is -0.0966. The molecule has 2 aromatic rings. The van der Waals surface area contributed by atoms with Crippen molar-refractivity contribution >= 4 is 22.2 Å². The summed E-state index contributed by atoms with van der Waals surface area (Å²) in [7, 11) is 0. The number of aromatic nitrogens is 1. The number of phenols is 2. The molecular weight excluding hydrogens is 286 g/mol. The number of aldehydes is 1. The summed E-state index contributed by atoms with van der Waals surface area (Å²) in [6, 6.07) is 6.03.